The third kappa shape index (κ3) is 3.64. The summed E-state index contributed by atoms with van der Waals surface area (Å²) in [6, 6.07) is 12.4. The average Bonchev–Trinajstić information content (AvgIpc) is 2.59. The number of alkyl halides is 1. The third-order valence-corrected chi connectivity index (χ3v) is 4.25. The predicted molar refractivity (Wildman–Crippen MR) is 99.8 cm³/mol. The van der Waals surface area contributed by atoms with Gasteiger partial charge in [-0.2, -0.15) is 0 Å². The molecule has 1 heterocycles. The Kier molecular flexibility index (Phi) is 5.29. The SMILES string of the molecule is Cc1oc2cc(OCCCCCl)cc(O)c2c(=O)c1-c1ccccc1. The molecule has 5 heteroatoms. The molecular weight excluding hydrogens is 340 g/mol. The first kappa shape index (κ1) is 17.4. The highest BCUT2D eigenvalue weighted by atomic mass is 35.5. The fraction of sp³-hybridized carbons (Fsp3) is 0.250. The van der Waals surface area contributed by atoms with E-state index < -0.39 is 0 Å². The summed E-state index contributed by atoms with van der Waals surface area (Å²) in [7, 11) is 0. The number of unbranched alkanes of at least 4 members (excludes halogenated alkanes) is 1. The summed E-state index contributed by atoms with van der Waals surface area (Å²) < 4.78 is 11.4. The quantitative estimate of drug-likeness (QED) is 0.504. The summed E-state index contributed by atoms with van der Waals surface area (Å²) in [5.41, 5.74) is 1.28. The van der Waals surface area contributed by atoms with Gasteiger partial charge in [0.1, 0.15) is 28.2 Å². The Bertz CT molecular complexity index is 932. The molecule has 0 aliphatic carbocycles. The first-order valence-electron chi connectivity index (χ1n) is 8.16. The topological polar surface area (TPSA) is 59.7 Å². The molecule has 0 saturated carbocycles. The van der Waals surface area contributed by atoms with Crippen LogP contribution in [0.15, 0.2) is 51.7 Å². The lowest BCUT2D eigenvalue weighted by Crippen LogP contribution is -2.08. The van der Waals surface area contributed by atoms with Gasteiger partial charge in [0.15, 0.2) is 0 Å². The number of phenolic OH excluding ortho intramolecular Hbond substituents is 1. The molecule has 3 aromatic rings. The van der Waals surface area contributed by atoms with Crippen molar-refractivity contribution in [1.29, 1.82) is 0 Å². The molecule has 0 amide bonds. The van der Waals surface area contributed by atoms with E-state index >= 15 is 0 Å². The van der Waals surface area contributed by atoms with E-state index in [9.17, 15) is 9.90 Å². The number of fused-ring (bicyclic) bond motifs is 1. The second kappa shape index (κ2) is 7.62. The largest absolute Gasteiger partial charge is 0.507 e. The zero-order valence-electron chi connectivity index (χ0n) is 13.9. The van der Waals surface area contributed by atoms with Crippen LogP contribution in [0.4, 0.5) is 0 Å². The molecular formula is C20H19ClO4. The van der Waals surface area contributed by atoms with Crippen LogP contribution in [0.1, 0.15) is 18.6 Å². The Hall–Kier alpha value is -2.46. The number of ether oxygens (including phenoxy) is 1. The monoisotopic (exact) mass is 358 g/mol. The normalized spacial score (nSPS) is 11.0. The molecule has 1 N–H and O–H groups in total. The number of phenols is 1. The van der Waals surface area contributed by atoms with Crippen molar-refractivity contribution in [3.8, 4) is 22.6 Å². The molecule has 1 aromatic heterocycles. The van der Waals surface area contributed by atoms with Crippen molar-refractivity contribution >= 4 is 22.6 Å². The van der Waals surface area contributed by atoms with E-state index in [2.05, 4.69) is 0 Å². The smallest absolute Gasteiger partial charge is 0.204 e. The first-order chi connectivity index (χ1) is 12.1. The van der Waals surface area contributed by atoms with Gasteiger partial charge >= 0.3 is 0 Å². The number of hydrogen-bond acceptors (Lipinski definition) is 4. The van der Waals surface area contributed by atoms with Gasteiger partial charge in [0.2, 0.25) is 5.43 Å². The Morgan fingerprint density at radius 2 is 1.92 bits per heavy atom. The molecule has 4 nitrogen and oxygen atoms in total. The maximum Gasteiger partial charge on any atom is 0.204 e. The molecule has 0 aliphatic rings. The number of benzene rings is 2. The predicted octanol–water partition coefficient (Wildman–Crippen LogP) is 4.87. The van der Waals surface area contributed by atoms with Gasteiger partial charge in [0, 0.05) is 18.0 Å². The van der Waals surface area contributed by atoms with Crippen molar-refractivity contribution < 1.29 is 14.3 Å². The second-order valence-corrected chi connectivity index (χ2v) is 6.17. The zero-order chi connectivity index (χ0) is 17.8. The van der Waals surface area contributed by atoms with E-state index in [4.69, 9.17) is 20.8 Å². The van der Waals surface area contributed by atoms with E-state index in [1.807, 2.05) is 30.3 Å². The highest BCUT2D eigenvalue weighted by Gasteiger charge is 2.17. The molecule has 25 heavy (non-hydrogen) atoms. The van der Waals surface area contributed by atoms with Gasteiger partial charge in [0.25, 0.3) is 0 Å². The molecule has 0 aliphatic heterocycles. The number of rotatable bonds is 6. The van der Waals surface area contributed by atoms with Crippen molar-refractivity contribution in [3.63, 3.8) is 0 Å². The van der Waals surface area contributed by atoms with Gasteiger partial charge in [-0.15, -0.1) is 11.6 Å². The molecule has 0 unspecified atom stereocenters. The lowest BCUT2D eigenvalue weighted by atomic mass is 10.0. The minimum atomic E-state index is -0.254. The summed E-state index contributed by atoms with van der Waals surface area (Å²) in [4.78, 5) is 12.9. The molecule has 0 spiro atoms. The second-order valence-electron chi connectivity index (χ2n) is 5.79. The van der Waals surface area contributed by atoms with E-state index in [0.29, 0.717) is 35.1 Å². The average molecular weight is 359 g/mol. The molecule has 0 bridgehead atoms. The zero-order valence-corrected chi connectivity index (χ0v) is 14.7. The minimum absolute atomic E-state index is 0.143. The summed E-state index contributed by atoms with van der Waals surface area (Å²) in [5, 5.41) is 10.5. The number of halogens is 1. The number of aromatic hydroxyl groups is 1. The van der Waals surface area contributed by atoms with Crippen LogP contribution in [0.5, 0.6) is 11.5 Å². The lowest BCUT2D eigenvalue weighted by molar-refractivity contribution is 0.308. The van der Waals surface area contributed by atoms with Crippen LogP contribution in [0, 0.1) is 6.92 Å². The van der Waals surface area contributed by atoms with Crippen molar-refractivity contribution in [3.05, 3.63) is 58.4 Å². The molecule has 2 aromatic carbocycles. The number of aryl methyl sites for hydroxylation is 1. The van der Waals surface area contributed by atoms with Crippen LogP contribution in [0.2, 0.25) is 0 Å². The third-order valence-electron chi connectivity index (χ3n) is 3.98. The Morgan fingerprint density at radius 3 is 2.64 bits per heavy atom. The van der Waals surface area contributed by atoms with Crippen molar-refractivity contribution in [1.82, 2.24) is 0 Å². The molecule has 0 saturated heterocycles. The van der Waals surface area contributed by atoms with Crippen LogP contribution in [0.3, 0.4) is 0 Å². The van der Waals surface area contributed by atoms with Gasteiger partial charge in [0.05, 0.1) is 12.2 Å². The fourth-order valence-electron chi connectivity index (χ4n) is 2.79. The van der Waals surface area contributed by atoms with Crippen LogP contribution in [-0.4, -0.2) is 17.6 Å². The molecule has 0 fully saturated rings. The van der Waals surface area contributed by atoms with E-state index in [0.717, 1.165) is 18.4 Å². The summed E-state index contributed by atoms with van der Waals surface area (Å²) >= 11 is 5.64. The molecule has 130 valence electrons. The van der Waals surface area contributed by atoms with Crippen LogP contribution in [0.25, 0.3) is 22.1 Å². The van der Waals surface area contributed by atoms with Crippen LogP contribution < -0.4 is 10.2 Å². The van der Waals surface area contributed by atoms with Gasteiger partial charge in [-0.1, -0.05) is 30.3 Å². The Labute approximate surface area is 150 Å². The molecule has 0 radical (unpaired) electrons. The Morgan fingerprint density at radius 1 is 1.16 bits per heavy atom. The summed E-state index contributed by atoms with van der Waals surface area (Å²) in [6.07, 6.45) is 1.67. The standard InChI is InChI=1S/C20H19ClO4/c1-13-18(14-7-3-2-4-8-14)20(23)19-16(22)11-15(12-17(19)25-13)24-10-6-5-9-21/h2-4,7-8,11-12,22H,5-6,9-10H2,1H3. The Balaban J connectivity index is 2.05. The van der Waals surface area contributed by atoms with E-state index in [-0.39, 0.29) is 16.6 Å². The van der Waals surface area contributed by atoms with Crippen LogP contribution in [-0.2, 0) is 0 Å². The van der Waals surface area contributed by atoms with Crippen molar-refractivity contribution in [2.45, 2.75) is 19.8 Å². The van der Waals surface area contributed by atoms with E-state index in [1.54, 1.807) is 13.0 Å². The van der Waals surface area contributed by atoms with Gasteiger partial charge < -0.3 is 14.3 Å². The lowest BCUT2D eigenvalue weighted by Gasteiger charge is -2.11. The minimum Gasteiger partial charge on any atom is -0.507 e. The van der Waals surface area contributed by atoms with Gasteiger partial charge in [-0.25, -0.2) is 0 Å². The van der Waals surface area contributed by atoms with Crippen molar-refractivity contribution in [2.24, 2.45) is 0 Å². The van der Waals surface area contributed by atoms with E-state index in [1.165, 1.54) is 6.07 Å². The highest BCUT2D eigenvalue weighted by molar-refractivity contribution is 6.17. The molecule has 0 atom stereocenters. The van der Waals surface area contributed by atoms with Crippen molar-refractivity contribution in [2.75, 3.05) is 12.5 Å². The number of hydrogen-bond donors (Lipinski definition) is 1. The highest BCUT2D eigenvalue weighted by Crippen LogP contribution is 2.32. The van der Waals surface area contributed by atoms with Gasteiger partial charge in [-0.05, 0) is 25.3 Å². The molecule has 3 rings (SSSR count). The van der Waals surface area contributed by atoms with Gasteiger partial charge in [-0.3, -0.25) is 4.79 Å². The van der Waals surface area contributed by atoms with Crippen LogP contribution >= 0.6 is 11.6 Å². The maximum atomic E-state index is 12.9. The first-order valence-corrected chi connectivity index (χ1v) is 8.70. The maximum absolute atomic E-state index is 12.9. The summed E-state index contributed by atoms with van der Waals surface area (Å²) in [5.74, 6) is 1.41. The fourth-order valence-corrected chi connectivity index (χ4v) is 2.98. The summed E-state index contributed by atoms with van der Waals surface area (Å²) in [6.45, 7) is 2.23.